The van der Waals surface area contributed by atoms with Crippen molar-refractivity contribution in [2.24, 2.45) is 0 Å². The maximum Gasteiger partial charge on any atom is 0.231 e. The molecule has 0 aliphatic carbocycles. The number of carbonyl (C=O) groups is 1. The molecule has 0 fully saturated rings. The number of allylic oxidation sites excluding steroid dienone is 1. The summed E-state index contributed by atoms with van der Waals surface area (Å²) in [5, 5.41) is 0. The molecule has 4 heteroatoms. The minimum Gasteiger partial charge on any atom is -0.477 e. The highest BCUT2D eigenvalue weighted by molar-refractivity contribution is 6.15. The molecule has 0 aromatic heterocycles. The van der Waals surface area contributed by atoms with Gasteiger partial charge in [-0.1, -0.05) is 84.9 Å². The number of benzene rings is 4. The molecule has 6 rings (SSSR count). The third-order valence-electron chi connectivity index (χ3n) is 6.57. The van der Waals surface area contributed by atoms with Crippen LogP contribution >= 0.6 is 0 Å². The topological polar surface area (TPSA) is 38.8 Å². The van der Waals surface area contributed by atoms with Crippen LogP contribution in [0.25, 0.3) is 17.2 Å². The van der Waals surface area contributed by atoms with Crippen molar-refractivity contribution in [1.29, 1.82) is 0 Å². The van der Waals surface area contributed by atoms with Gasteiger partial charge in [0.05, 0.1) is 5.56 Å². The van der Waals surface area contributed by atoms with E-state index in [0.717, 1.165) is 46.7 Å². The van der Waals surface area contributed by atoms with Crippen LogP contribution in [0.1, 0.15) is 32.6 Å². The summed E-state index contributed by atoms with van der Waals surface area (Å²) in [5.74, 6) is 1.70. The van der Waals surface area contributed by atoms with E-state index in [4.69, 9.17) is 9.47 Å². The van der Waals surface area contributed by atoms with E-state index in [9.17, 15) is 4.79 Å². The summed E-state index contributed by atoms with van der Waals surface area (Å²) in [4.78, 5) is 15.5. The highest BCUT2D eigenvalue weighted by atomic mass is 16.5. The van der Waals surface area contributed by atoms with E-state index in [1.807, 2.05) is 67.6 Å². The lowest BCUT2D eigenvalue weighted by atomic mass is 9.99. The van der Waals surface area contributed by atoms with Crippen LogP contribution in [-0.4, -0.2) is 17.4 Å². The van der Waals surface area contributed by atoms with E-state index in [1.165, 1.54) is 5.56 Å². The summed E-state index contributed by atoms with van der Waals surface area (Å²) in [5.41, 5.74) is 6.97. The quantitative estimate of drug-likeness (QED) is 0.321. The standard InChI is InChI=1S/C31H25NO3/c1-21-30-26(19-32(20-34-30)18-23-8-4-2-5-9-23)17-27-29(33)28(35-31(21)27)16-22-12-14-25(15-13-22)24-10-6-3-7-11-24/h2-17H,18-20H2,1H3/b28-16-. The first-order chi connectivity index (χ1) is 17.2. The number of hydrogen-bond donors (Lipinski definition) is 0. The van der Waals surface area contributed by atoms with E-state index in [1.54, 1.807) is 0 Å². The van der Waals surface area contributed by atoms with Crippen molar-refractivity contribution in [3.05, 3.63) is 125 Å². The van der Waals surface area contributed by atoms with Gasteiger partial charge < -0.3 is 9.47 Å². The number of carbonyl (C=O) groups excluding carboxylic acids is 1. The molecule has 2 aliphatic rings. The van der Waals surface area contributed by atoms with Crippen molar-refractivity contribution >= 4 is 11.9 Å². The highest BCUT2D eigenvalue weighted by Crippen LogP contribution is 2.43. The number of ketones is 1. The minimum absolute atomic E-state index is 0.0850. The van der Waals surface area contributed by atoms with Gasteiger partial charge in [0, 0.05) is 24.2 Å². The fraction of sp³-hybridized carbons (Fsp3) is 0.129. The van der Waals surface area contributed by atoms with Gasteiger partial charge in [0.15, 0.2) is 5.76 Å². The predicted octanol–water partition coefficient (Wildman–Crippen LogP) is 6.63. The maximum atomic E-state index is 13.3. The molecule has 0 bridgehead atoms. The molecule has 4 aromatic rings. The predicted molar refractivity (Wildman–Crippen MR) is 137 cm³/mol. The molecule has 2 heterocycles. The summed E-state index contributed by atoms with van der Waals surface area (Å²) in [6.07, 6.45) is 1.82. The Morgan fingerprint density at radius 1 is 0.857 bits per heavy atom. The van der Waals surface area contributed by atoms with Gasteiger partial charge in [0.2, 0.25) is 5.78 Å². The second-order valence-corrected chi connectivity index (χ2v) is 9.04. The zero-order chi connectivity index (χ0) is 23.8. The van der Waals surface area contributed by atoms with Gasteiger partial charge >= 0.3 is 0 Å². The molecule has 0 saturated heterocycles. The zero-order valence-electron chi connectivity index (χ0n) is 19.5. The molecule has 0 unspecified atom stereocenters. The summed E-state index contributed by atoms with van der Waals surface area (Å²) in [7, 11) is 0. The van der Waals surface area contributed by atoms with E-state index >= 15 is 0 Å². The second kappa shape index (κ2) is 8.90. The van der Waals surface area contributed by atoms with Gasteiger partial charge in [-0.05, 0) is 41.3 Å². The molecule has 0 saturated carbocycles. The average molecular weight is 460 g/mol. The molecule has 2 aliphatic heterocycles. The van der Waals surface area contributed by atoms with Crippen molar-refractivity contribution in [1.82, 2.24) is 4.90 Å². The lowest BCUT2D eigenvalue weighted by Crippen LogP contribution is -2.32. The van der Waals surface area contributed by atoms with Crippen LogP contribution < -0.4 is 9.47 Å². The zero-order valence-corrected chi connectivity index (χ0v) is 19.5. The van der Waals surface area contributed by atoms with E-state index < -0.39 is 0 Å². The summed E-state index contributed by atoms with van der Waals surface area (Å²) in [6, 6.07) is 30.7. The Morgan fingerprint density at radius 3 is 2.29 bits per heavy atom. The monoisotopic (exact) mass is 459 g/mol. The molecule has 0 spiro atoms. The lowest BCUT2D eigenvalue weighted by Gasteiger charge is -2.30. The van der Waals surface area contributed by atoms with Gasteiger partial charge in [-0.25, -0.2) is 0 Å². The Balaban J connectivity index is 1.24. The number of Topliss-reactive ketones (excluding diaryl/α,β-unsaturated/α-hetero) is 1. The fourth-order valence-electron chi connectivity index (χ4n) is 4.79. The molecule has 0 amide bonds. The smallest absolute Gasteiger partial charge is 0.231 e. The van der Waals surface area contributed by atoms with Gasteiger partial charge in [0.25, 0.3) is 0 Å². The normalized spacial score (nSPS) is 15.9. The van der Waals surface area contributed by atoms with Crippen LogP contribution in [0, 0.1) is 6.92 Å². The van der Waals surface area contributed by atoms with E-state index in [-0.39, 0.29) is 5.78 Å². The molecular formula is C31H25NO3. The van der Waals surface area contributed by atoms with Gasteiger partial charge in [-0.15, -0.1) is 0 Å². The lowest BCUT2D eigenvalue weighted by molar-refractivity contribution is 0.0876. The molecular weight excluding hydrogens is 434 g/mol. The van der Waals surface area contributed by atoms with Crippen molar-refractivity contribution in [3.8, 4) is 22.6 Å². The van der Waals surface area contributed by atoms with Crippen LogP contribution in [-0.2, 0) is 13.1 Å². The molecule has 0 N–H and O–H groups in total. The summed E-state index contributed by atoms with van der Waals surface area (Å²) < 4.78 is 12.2. The first kappa shape index (κ1) is 21.4. The molecule has 35 heavy (non-hydrogen) atoms. The Labute approximate surface area is 205 Å². The first-order valence-corrected chi connectivity index (χ1v) is 11.8. The fourth-order valence-corrected chi connectivity index (χ4v) is 4.79. The maximum absolute atomic E-state index is 13.3. The van der Waals surface area contributed by atoms with Crippen LogP contribution in [0.15, 0.2) is 96.8 Å². The summed E-state index contributed by atoms with van der Waals surface area (Å²) >= 11 is 0. The molecule has 4 aromatic carbocycles. The largest absolute Gasteiger partial charge is 0.477 e. The van der Waals surface area contributed by atoms with Crippen molar-refractivity contribution in [3.63, 3.8) is 0 Å². The molecule has 0 radical (unpaired) electrons. The average Bonchev–Trinajstić information content (AvgIpc) is 3.21. The van der Waals surface area contributed by atoms with Crippen molar-refractivity contribution in [2.45, 2.75) is 20.0 Å². The third-order valence-corrected chi connectivity index (χ3v) is 6.57. The second-order valence-electron chi connectivity index (χ2n) is 9.04. The Bertz CT molecular complexity index is 1420. The third kappa shape index (κ3) is 4.13. The van der Waals surface area contributed by atoms with Crippen molar-refractivity contribution in [2.75, 3.05) is 6.73 Å². The number of rotatable bonds is 4. The van der Waals surface area contributed by atoms with E-state index in [0.29, 0.717) is 23.8 Å². The molecule has 4 nitrogen and oxygen atoms in total. The first-order valence-electron chi connectivity index (χ1n) is 11.8. The van der Waals surface area contributed by atoms with Crippen LogP contribution in [0.2, 0.25) is 0 Å². The van der Waals surface area contributed by atoms with Gasteiger partial charge in [0.1, 0.15) is 18.2 Å². The Hall–Kier alpha value is -4.15. The van der Waals surface area contributed by atoms with Crippen molar-refractivity contribution < 1.29 is 14.3 Å². The van der Waals surface area contributed by atoms with Gasteiger partial charge in [-0.2, -0.15) is 0 Å². The highest BCUT2D eigenvalue weighted by Gasteiger charge is 2.33. The number of hydrogen-bond acceptors (Lipinski definition) is 4. The summed E-state index contributed by atoms with van der Waals surface area (Å²) in [6.45, 7) is 4.00. The molecule has 0 atom stereocenters. The van der Waals surface area contributed by atoms with Crippen LogP contribution in [0.3, 0.4) is 0 Å². The number of ether oxygens (including phenoxy) is 2. The Morgan fingerprint density at radius 2 is 1.54 bits per heavy atom. The van der Waals surface area contributed by atoms with Gasteiger partial charge in [-0.3, -0.25) is 9.69 Å². The van der Waals surface area contributed by atoms with Crippen LogP contribution in [0.5, 0.6) is 11.5 Å². The van der Waals surface area contributed by atoms with Crippen LogP contribution in [0.4, 0.5) is 0 Å². The number of nitrogens with zero attached hydrogens (tertiary/aromatic N) is 1. The minimum atomic E-state index is -0.0850. The number of fused-ring (bicyclic) bond motifs is 2. The Kier molecular flexibility index (Phi) is 5.44. The molecule has 172 valence electrons. The SMILES string of the molecule is Cc1c2c(cc3c1O/C(=C\c1ccc(-c4ccccc4)cc1)C3=O)CN(Cc1ccccc1)CO2. The van der Waals surface area contributed by atoms with E-state index in [2.05, 4.69) is 41.3 Å².